The van der Waals surface area contributed by atoms with Gasteiger partial charge in [0.2, 0.25) is 5.78 Å². The van der Waals surface area contributed by atoms with E-state index in [1.54, 1.807) is 30.3 Å². The first-order chi connectivity index (χ1) is 14.9. The van der Waals surface area contributed by atoms with Crippen LogP contribution >= 0.6 is 0 Å². The zero-order chi connectivity index (χ0) is 22.0. The molecule has 31 heavy (non-hydrogen) atoms. The molecule has 0 saturated heterocycles. The largest absolute Gasteiger partial charge is 0.478 e. The number of carbonyl (C=O) groups is 2. The Morgan fingerprint density at radius 3 is 2.35 bits per heavy atom. The van der Waals surface area contributed by atoms with Crippen molar-refractivity contribution in [2.45, 2.75) is 13.0 Å². The van der Waals surface area contributed by atoms with Crippen LogP contribution in [0.3, 0.4) is 0 Å². The number of carbonyl (C=O) groups excluding carboxylic acids is 2. The van der Waals surface area contributed by atoms with Gasteiger partial charge in [-0.25, -0.2) is 8.78 Å². The Hall–Kier alpha value is -4.00. The Bertz CT molecular complexity index is 1260. The van der Waals surface area contributed by atoms with Gasteiger partial charge >= 0.3 is 0 Å². The highest BCUT2D eigenvalue weighted by Crippen LogP contribution is 2.33. The Morgan fingerprint density at radius 2 is 1.61 bits per heavy atom. The van der Waals surface area contributed by atoms with E-state index >= 15 is 0 Å². The van der Waals surface area contributed by atoms with Crippen LogP contribution in [0.2, 0.25) is 0 Å². The molecule has 0 aliphatic carbocycles. The van der Waals surface area contributed by atoms with Crippen molar-refractivity contribution in [2.24, 2.45) is 0 Å². The van der Waals surface area contributed by atoms with Gasteiger partial charge in [0.25, 0.3) is 5.91 Å². The van der Waals surface area contributed by atoms with Crippen molar-refractivity contribution in [3.63, 3.8) is 0 Å². The molecule has 3 aromatic carbocycles. The average Bonchev–Trinajstić information content (AvgIpc) is 3.13. The lowest BCUT2D eigenvalue weighted by molar-refractivity contribution is -0.122. The number of para-hydroxylation sites is 2. The summed E-state index contributed by atoms with van der Waals surface area (Å²) in [5.74, 6) is -2.35. The summed E-state index contributed by atoms with van der Waals surface area (Å²) in [5.41, 5.74) is 0.761. The molecule has 0 aliphatic heterocycles. The van der Waals surface area contributed by atoms with E-state index in [-0.39, 0.29) is 22.8 Å². The SMILES string of the molecule is C[C@@H](Oc1ccccc1F)C(=O)Nc1c(C(=O)c2ccc(F)cc2)oc2ccccc12. The maximum absolute atomic E-state index is 13.8. The standard InChI is InChI=1S/C24H17F2NO4/c1-14(30-20-9-5-3-7-18(20)26)24(29)27-21-17-6-2-4-8-19(17)31-23(21)22(28)15-10-12-16(25)13-11-15/h2-14H,1H3,(H,27,29)/t14-/m1/s1. The first-order valence-corrected chi connectivity index (χ1v) is 9.48. The fraction of sp³-hybridized carbons (Fsp3) is 0.0833. The fourth-order valence-electron chi connectivity index (χ4n) is 3.07. The molecule has 0 radical (unpaired) electrons. The Balaban J connectivity index is 1.65. The molecule has 1 aromatic heterocycles. The molecule has 4 rings (SSSR count). The van der Waals surface area contributed by atoms with Crippen LogP contribution in [-0.4, -0.2) is 17.8 Å². The molecule has 0 fully saturated rings. The van der Waals surface area contributed by atoms with E-state index in [1.165, 1.54) is 49.4 Å². The maximum Gasteiger partial charge on any atom is 0.265 e. The first kappa shape index (κ1) is 20.3. The average molecular weight is 421 g/mol. The molecule has 0 spiro atoms. The van der Waals surface area contributed by atoms with E-state index in [0.717, 1.165) is 0 Å². The molecule has 0 saturated carbocycles. The Kier molecular flexibility index (Phi) is 5.49. The lowest BCUT2D eigenvalue weighted by Crippen LogP contribution is -2.30. The van der Waals surface area contributed by atoms with Crippen molar-refractivity contribution in [2.75, 3.05) is 5.32 Å². The molecular weight excluding hydrogens is 404 g/mol. The van der Waals surface area contributed by atoms with Gasteiger partial charge in [-0.15, -0.1) is 0 Å². The van der Waals surface area contributed by atoms with Gasteiger partial charge in [0, 0.05) is 10.9 Å². The third kappa shape index (κ3) is 4.16. The highest BCUT2D eigenvalue weighted by Gasteiger charge is 2.25. The molecule has 0 unspecified atom stereocenters. The van der Waals surface area contributed by atoms with Crippen molar-refractivity contribution in [1.82, 2.24) is 0 Å². The van der Waals surface area contributed by atoms with Crippen molar-refractivity contribution >= 4 is 28.3 Å². The van der Waals surface area contributed by atoms with Gasteiger partial charge in [-0.05, 0) is 55.5 Å². The molecule has 0 bridgehead atoms. The van der Waals surface area contributed by atoms with Crippen LogP contribution in [0.5, 0.6) is 5.75 Å². The summed E-state index contributed by atoms with van der Waals surface area (Å²) in [6.07, 6.45) is -1.06. The number of fused-ring (bicyclic) bond motifs is 1. The predicted octanol–water partition coefficient (Wildman–Crippen LogP) is 5.35. The summed E-state index contributed by atoms with van der Waals surface area (Å²) < 4.78 is 38.2. The number of furan rings is 1. The van der Waals surface area contributed by atoms with E-state index in [1.807, 2.05) is 0 Å². The first-order valence-electron chi connectivity index (χ1n) is 9.48. The van der Waals surface area contributed by atoms with Crippen LogP contribution in [0.15, 0.2) is 77.2 Å². The minimum Gasteiger partial charge on any atom is -0.478 e. The van der Waals surface area contributed by atoms with Crippen molar-refractivity contribution < 1.29 is 27.5 Å². The molecule has 7 heteroatoms. The highest BCUT2D eigenvalue weighted by molar-refractivity contribution is 6.17. The molecule has 0 aliphatic rings. The topological polar surface area (TPSA) is 68.5 Å². The zero-order valence-corrected chi connectivity index (χ0v) is 16.4. The summed E-state index contributed by atoms with van der Waals surface area (Å²) in [6.45, 7) is 1.46. The molecule has 156 valence electrons. The third-order valence-electron chi connectivity index (χ3n) is 4.67. The maximum atomic E-state index is 13.8. The van der Waals surface area contributed by atoms with E-state index < -0.39 is 29.4 Å². The molecular formula is C24H17F2NO4. The zero-order valence-electron chi connectivity index (χ0n) is 16.4. The fourth-order valence-corrected chi connectivity index (χ4v) is 3.07. The van der Waals surface area contributed by atoms with Crippen LogP contribution in [0, 0.1) is 11.6 Å². The van der Waals surface area contributed by atoms with E-state index in [4.69, 9.17) is 9.15 Å². The second kappa shape index (κ2) is 8.39. The molecule has 1 amide bonds. The number of amides is 1. The predicted molar refractivity (Wildman–Crippen MR) is 111 cm³/mol. The van der Waals surface area contributed by atoms with Gasteiger partial charge in [0.15, 0.2) is 23.4 Å². The second-order valence-corrected chi connectivity index (χ2v) is 6.82. The molecule has 4 aromatic rings. The van der Waals surface area contributed by atoms with Crippen LogP contribution in [0.1, 0.15) is 23.0 Å². The van der Waals surface area contributed by atoms with Crippen molar-refractivity contribution in [1.29, 1.82) is 0 Å². The van der Waals surface area contributed by atoms with E-state index in [9.17, 15) is 18.4 Å². The number of rotatable bonds is 6. The summed E-state index contributed by atoms with van der Waals surface area (Å²) in [6, 6.07) is 17.6. The number of hydrogen-bond donors (Lipinski definition) is 1. The van der Waals surface area contributed by atoms with Crippen molar-refractivity contribution in [3.05, 3.63) is 95.8 Å². The normalized spacial score (nSPS) is 11.8. The lowest BCUT2D eigenvalue weighted by atomic mass is 10.1. The van der Waals surface area contributed by atoms with Gasteiger partial charge in [-0.2, -0.15) is 0 Å². The summed E-state index contributed by atoms with van der Waals surface area (Å²) in [5, 5.41) is 3.17. The summed E-state index contributed by atoms with van der Waals surface area (Å²) >= 11 is 0. The van der Waals surface area contributed by atoms with Gasteiger partial charge in [0.05, 0.1) is 5.69 Å². The number of hydrogen-bond acceptors (Lipinski definition) is 4. The smallest absolute Gasteiger partial charge is 0.265 e. The minimum absolute atomic E-state index is 0.0650. The number of ether oxygens (including phenoxy) is 1. The van der Waals surface area contributed by atoms with Crippen LogP contribution < -0.4 is 10.1 Å². The Labute approximate surface area is 176 Å². The number of halogens is 2. The number of benzene rings is 3. The quantitative estimate of drug-likeness (QED) is 0.426. The van der Waals surface area contributed by atoms with Gasteiger partial charge in [-0.3, -0.25) is 9.59 Å². The number of ketones is 1. The van der Waals surface area contributed by atoms with E-state index in [2.05, 4.69) is 5.32 Å². The Morgan fingerprint density at radius 1 is 0.935 bits per heavy atom. The lowest BCUT2D eigenvalue weighted by Gasteiger charge is -2.15. The molecule has 1 heterocycles. The van der Waals surface area contributed by atoms with Gasteiger partial charge < -0.3 is 14.5 Å². The number of nitrogens with one attached hydrogen (secondary N) is 1. The molecule has 1 N–H and O–H groups in total. The monoisotopic (exact) mass is 421 g/mol. The second-order valence-electron chi connectivity index (χ2n) is 6.82. The van der Waals surface area contributed by atoms with E-state index in [0.29, 0.717) is 11.0 Å². The minimum atomic E-state index is -1.06. The van der Waals surface area contributed by atoms with Crippen LogP contribution in [0.25, 0.3) is 11.0 Å². The summed E-state index contributed by atoms with van der Waals surface area (Å²) in [7, 11) is 0. The van der Waals surface area contributed by atoms with Gasteiger partial charge in [-0.1, -0.05) is 24.3 Å². The van der Waals surface area contributed by atoms with Crippen LogP contribution in [-0.2, 0) is 4.79 Å². The molecule has 5 nitrogen and oxygen atoms in total. The number of anilines is 1. The third-order valence-corrected chi connectivity index (χ3v) is 4.67. The molecule has 1 atom stereocenters. The van der Waals surface area contributed by atoms with Gasteiger partial charge in [0.1, 0.15) is 11.4 Å². The van der Waals surface area contributed by atoms with Crippen molar-refractivity contribution in [3.8, 4) is 5.75 Å². The van der Waals surface area contributed by atoms with Crippen LogP contribution in [0.4, 0.5) is 14.5 Å². The summed E-state index contributed by atoms with van der Waals surface area (Å²) in [4.78, 5) is 25.8. The highest BCUT2D eigenvalue weighted by atomic mass is 19.1.